The lowest BCUT2D eigenvalue weighted by atomic mass is 10.2. The Morgan fingerprint density at radius 2 is 1.76 bits per heavy atom. The molecule has 0 heterocycles. The molecule has 2 rings (SSSR count). The standard InChI is InChI=1S/C17H22N2O2/c1-20-17-9-7-16(8-10-17)19-11-15(18)13-21-12-14-5-3-2-4-6-14/h2-10,15,19H,11-13,18H2,1H3/t15-/m1/s1. The third-order valence-electron chi connectivity index (χ3n) is 3.10. The summed E-state index contributed by atoms with van der Waals surface area (Å²) in [4.78, 5) is 0. The van der Waals surface area contributed by atoms with E-state index in [4.69, 9.17) is 15.2 Å². The number of nitrogens with one attached hydrogen (secondary N) is 1. The molecule has 3 N–H and O–H groups in total. The molecule has 0 saturated heterocycles. The molecule has 2 aromatic rings. The fraction of sp³-hybridized carbons (Fsp3) is 0.294. The second-order valence-corrected chi connectivity index (χ2v) is 4.87. The van der Waals surface area contributed by atoms with E-state index >= 15 is 0 Å². The molecule has 0 spiro atoms. The number of benzene rings is 2. The summed E-state index contributed by atoms with van der Waals surface area (Å²) in [5, 5.41) is 3.28. The van der Waals surface area contributed by atoms with E-state index in [2.05, 4.69) is 5.32 Å². The molecular weight excluding hydrogens is 264 g/mol. The molecule has 0 aliphatic heterocycles. The van der Waals surface area contributed by atoms with Crippen molar-refractivity contribution in [2.24, 2.45) is 5.73 Å². The van der Waals surface area contributed by atoms with Crippen LogP contribution in [0.4, 0.5) is 5.69 Å². The third-order valence-corrected chi connectivity index (χ3v) is 3.10. The van der Waals surface area contributed by atoms with Crippen molar-refractivity contribution in [3.8, 4) is 5.75 Å². The molecule has 0 bridgehead atoms. The average Bonchev–Trinajstić information content (AvgIpc) is 2.54. The first kappa shape index (κ1) is 15.4. The van der Waals surface area contributed by atoms with Crippen LogP contribution < -0.4 is 15.8 Å². The molecule has 0 unspecified atom stereocenters. The maximum absolute atomic E-state index is 6.03. The molecule has 0 saturated carbocycles. The van der Waals surface area contributed by atoms with Gasteiger partial charge in [0.05, 0.1) is 20.3 Å². The highest BCUT2D eigenvalue weighted by Crippen LogP contribution is 2.14. The maximum Gasteiger partial charge on any atom is 0.119 e. The second kappa shape index (κ2) is 8.29. The average molecular weight is 286 g/mol. The number of ether oxygens (including phenoxy) is 2. The lowest BCUT2D eigenvalue weighted by Crippen LogP contribution is -2.33. The Hall–Kier alpha value is -2.04. The topological polar surface area (TPSA) is 56.5 Å². The molecule has 21 heavy (non-hydrogen) atoms. The Morgan fingerprint density at radius 1 is 1.05 bits per heavy atom. The molecule has 4 nitrogen and oxygen atoms in total. The van der Waals surface area contributed by atoms with Gasteiger partial charge < -0.3 is 20.5 Å². The number of anilines is 1. The van der Waals surface area contributed by atoms with E-state index in [0.29, 0.717) is 19.8 Å². The first-order valence-electron chi connectivity index (χ1n) is 7.03. The summed E-state index contributed by atoms with van der Waals surface area (Å²) >= 11 is 0. The molecule has 2 aromatic carbocycles. The zero-order valence-corrected chi connectivity index (χ0v) is 12.3. The predicted octanol–water partition coefficient (Wildman–Crippen LogP) is 2.65. The number of hydrogen-bond acceptors (Lipinski definition) is 4. The molecule has 0 aliphatic rings. The molecule has 0 radical (unpaired) electrons. The molecule has 0 fully saturated rings. The van der Waals surface area contributed by atoms with Gasteiger partial charge in [-0.2, -0.15) is 0 Å². The van der Waals surface area contributed by atoms with Crippen LogP contribution in [0.1, 0.15) is 5.56 Å². The van der Waals surface area contributed by atoms with Crippen LogP contribution in [-0.2, 0) is 11.3 Å². The zero-order chi connectivity index (χ0) is 14.9. The van der Waals surface area contributed by atoms with E-state index in [1.807, 2.05) is 54.6 Å². The van der Waals surface area contributed by atoms with Gasteiger partial charge in [0, 0.05) is 18.3 Å². The van der Waals surface area contributed by atoms with Crippen molar-refractivity contribution in [3.63, 3.8) is 0 Å². The first-order chi connectivity index (χ1) is 10.3. The van der Waals surface area contributed by atoms with Crippen LogP contribution in [0.15, 0.2) is 54.6 Å². The Labute approximate surface area is 125 Å². The number of nitrogens with two attached hydrogens (primary N) is 1. The lowest BCUT2D eigenvalue weighted by molar-refractivity contribution is 0.110. The summed E-state index contributed by atoms with van der Waals surface area (Å²) in [6.45, 7) is 1.79. The van der Waals surface area contributed by atoms with E-state index in [9.17, 15) is 0 Å². The Balaban J connectivity index is 1.66. The van der Waals surface area contributed by atoms with Crippen LogP contribution >= 0.6 is 0 Å². The van der Waals surface area contributed by atoms with Gasteiger partial charge in [-0.15, -0.1) is 0 Å². The summed E-state index contributed by atoms with van der Waals surface area (Å²) in [6.07, 6.45) is 0. The number of hydrogen-bond donors (Lipinski definition) is 2. The molecule has 0 aliphatic carbocycles. The number of methoxy groups -OCH3 is 1. The summed E-state index contributed by atoms with van der Waals surface area (Å²) in [6, 6.07) is 17.8. The summed E-state index contributed by atoms with van der Waals surface area (Å²) in [5.41, 5.74) is 8.21. The van der Waals surface area contributed by atoms with Gasteiger partial charge in [0.15, 0.2) is 0 Å². The molecule has 112 valence electrons. The van der Waals surface area contributed by atoms with E-state index in [1.165, 1.54) is 0 Å². The van der Waals surface area contributed by atoms with Crippen molar-refractivity contribution < 1.29 is 9.47 Å². The van der Waals surface area contributed by atoms with E-state index in [0.717, 1.165) is 17.0 Å². The van der Waals surface area contributed by atoms with Gasteiger partial charge >= 0.3 is 0 Å². The van der Waals surface area contributed by atoms with Crippen LogP contribution in [0.25, 0.3) is 0 Å². The van der Waals surface area contributed by atoms with E-state index in [1.54, 1.807) is 7.11 Å². The highest BCUT2D eigenvalue weighted by atomic mass is 16.5. The summed E-state index contributed by atoms with van der Waals surface area (Å²) in [7, 11) is 1.66. The lowest BCUT2D eigenvalue weighted by Gasteiger charge is -2.14. The van der Waals surface area contributed by atoms with Crippen LogP contribution in [0.2, 0.25) is 0 Å². The fourth-order valence-corrected chi connectivity index (χ4v) is 1.92. The van der Waals surface area contributed by atoms with Crippen LogP contribution in [-0.4, -0.2) is 26.3 Å². The van der Waals surface area contributed by atoms with Gasteiger partial charge in [-0.05, 0) is 29.8 Å². The molecular formula is C17H22N2O2. The van der Waals surface area contributed by atoms with Crippen molar-refractivity contribution in [2.75, 3.05) is 25.6 Å². The van der Waals surface area contributed by atoms with Crippen LogP contribution in [0, 0.1) is 0 Å². The van der Waals surface area contributed by atoms with Crippen molar-refractivity contribution in [3.05, 3.63) is 60.2 Å². The third kappa shape index (κ3) is 5.45. The van der Waals surface area contributed by atoms with Crippen molar-refractivity contribution in [2.45, 2.75) is 12.6 Å². The minimum atomic E-state index is -0.0455. The van der Waals surface area contributed by atoms with E-state index in [-0.39, 0.29) is 6.04 Å². The predicted molar refractivity (Wildman–Crippen MR) is 85.6 cm³/mol. The monoisotopic (exact) mass is 286 g/mol. The zero-order valence-electron chi connectivity index (χ0n) is 12.3. The Kier molecular flexibility index (Phi) is 6.06. The Morgan fingerprint density at radius 3 is 2.43 bits per heavy atom. The molecule has 1 atom stereocenters. The van der Waals surface area contributed by atoms with Crippen molar-refractivity contribution >= 4 is 5.69 Å². The summed E-state index contributed by atoms with van der Waals surface area (Å²) < 4.78 is 10.7. The van der Waals surface area contributed by atoms with Gasteiger partial charge in [-0.3, -0.25) is 0 Å². The Bertz CT molecular complexity index is 514. The van der Waals surface area contributed by atoms with Crippen molar-refractivity contribution in [1.82, 2.24) is 0 Å². The normalized spacial score (nSPS) is 11.9. The van der Waals surface area contributed by atoms with Crippen LogP contribution in [0.3, 0.4) is 0 Å². The highest BCUT2D eigenvalue weighted by Gasteiger charge is 2.03. The molecule has 4 heteroatoms. The molecule has 0 amide bonds. The molecule has 0 aromatic heterocycles. The van der Waals surface area contributed by atoms with Gasteiger partial charge in [0.25, 0.3) is 0 Å². The fourth-order valence-electron chi connectivity index (χ4n) is 1.92. The van der Waals surface area contributed by atoms with Gasteiger partial charge in [0.2, 0.25) is 0 Å². The van der Waals surface area contributed by atoms with Crippen molar-refractivity contribution in [1.29, 1.82) is 0 Å². The van der Waals surface area contributed by atoms with Gasteiger partial charge in [-0.1, -0.05) is 30.3 Å². The van der Waals surface area contributed by atoms with Gasteiger partial charge in [-0.25, -0.2) is 0 Å². The second-order valence-electron chi connectivity index (χ2n) is 4.87. The number of rotatable bonds is 8. The minimum absolute atomic E-state index is 0.0455. The van der Waals surface area contributed by atoms with E-state index < -0.39 is 0 Å². The maximum atomic E-state index is 6.03. The minimum Gasteiger partial charge on any atom is -0.497 e. The largest absolute Gasteiger partial charge is 0.497 e. The first-order valence-corrected chi connectivity index (χ1v) is 7.03. The SMILES string of the molecule is COc1ccc(NC[C@@H](N)COCc2ccccc2)cc1. The quantitative estimate of drug-likeness (QED) is 0.783. The van der Waals surface area contributed by atoms with Gasteiger partial charge in [0.1, 0.15) is 5.75 Å². The van der Waals surface area contributed by atoms with Crippen LogP contribution in [0.5, 0.6) is 5.75 Å². The summed E-state index contributed by atoms with van der Waals surface area (Å²) in [5.74, 6) is 0.844. The highest BCUT2D eigenvalue weighted by molar-refractivity contribution is 5.46. The smallest absolute Gasteiger partial charge is 0.119 e.